The topological polar surface area (TPSA) is 75.4 Å². The lowest BCUT2D eigenvalue weighted by atomic mass is 9.93. The van der Waals surface area contributed by atoms with Gasteiger partial charge in [0.05, 0.1) is 12.6 Å². The molecular weight excluding hydrogens is 406 g/mol. The Balaban J connectivity index is 1.95. The fourth-order valence-corrected chi connectivity index (χ4v) is 3.95. The summed E-state index contributed by atoms with van der Waals surface area (Å²) >= 11 is 3.53. The highest BCUT2D eigenvalue weighted by Gasteiger charge is 2.33. The highest BCUT2D eigenvalue weighted by molar-refractivity contribution is 9.10. The molecule has 0 saturated carbocycles. The molecule has 0 fully saturated rings. The molecule has 3 rings (SSSR count). The van der Waals surface area contributed by atoms with Crippen molar-refractivity contribution in [1.29, 1.82) is 0 Å². The summed E-state index contributed by atoms with van der Waals surface area (Å²) in [5.41, 5.74) is 8.62. The molecule has 27 heavy (non-hydrogen) atoms. The second-order valence-corrected chi connectivity index (χ2v) is 7.81. The van der Waals surface area contributed by atoms with Gasteiger partial charge in [-0.05, 0) is 49.6 Å². The van der Waals surface area contributed by atoms with Crippen molar-refractivity contribution in [2.75, 3.05) is 11.9 Å². The third-order valence-electron chi connectivity index (χ3n) is 5.11. The van der Waals surface area contributed by atoms with Crippen LogP contribution in [0.2, 0.25) is 0 Å². The number of benzene rings is 2. The number of likely N-dealkylation sites (N-methyl/N-ethyl adjacent to an activating group) is 1. The zero-order valence-corrected chi connectivity index (χ0v) is 16.9. The van der Waals surface area contributed by atoms with Crippen molar-refractivity contribution < 1.29 is 9.59 Å². The molecule has 1 heterocycles. The maximum absolute atomic E-state index is 13.4. The van der Waals surface area contributed by atoms with Crippen LogP contribution in [0.1, 0.15) is 24.0 Å². The van der Waals surface area contributed by atoms with Crippen molar-refractivity contribution in [3.8, 4) is 0 Å². The molecule has 6 heteroatoms. The zero-order chi connectivity index (χ0) is 19.4. The van der Waals surface area contributed by atoms with Gasteiger partial charge in [0.1, 0.15) is 0 Å². The first-order valence-electron chi connectivity index (χ1n) is 9.10. The number of hydrogen-bond acceptors (Lipinski definition) is 3. The number of anilines is 1. The summed E-state index contributed by atoms with van der Waals surface area (Å²) in [6.07, 6.45) is 1.90. The fraction of sp³-hybridized carbons (Fsp3) is 0.333. The molecule has 0 bridgehead atoms. The molecule has 0 aromatic heterocycles. The quantitative estimate of drug-likeness (QED) is 0.740. The van der Waals surface area contributed by atoms with Crippen LogP contribution in [0.15, 0.2) is 53.0 Å². The van der Waals surface area contributed by atoms with E-state index in [4.69, 9.17) is 5.73 Å². The Labute approximate surface area is 168 Å². The number of nitrogens with two attached hydrogens (primary N) is 1. The summed E-state index contributed by atoms with van der Waals surface area (Å²) in [4.78, 5) is 26.9. The molecule has 0 saturated heterocycles. The van der Waals surface area contributed by atoms with Gasteiger partial charge in [-0.2, -0.15) is 0 Å². The number of nitrogens with zero attached hydrogens (tertiary/aromatic N) is 1. The van der Waals surface area contributed by atoms with E-state index in [2.05, 4.69) is 27.3 Å². The summed E-state index contributed by atoms with van der Waals surface area (Å²) in [7, 11) is 1.70. The summed E-state index contributed by atoms with van der Waals surface area (Å²) in [6, 6.07) is 15.5. The van der Waals surface area contributed by atoms with Gasteiger partial charge in [-0.1, -0.05) is 52.3 Å². The van der Waals surface area contributed by atoms with Gasteiger partial charge in [0, 0.05) is 16.1 Å². The van der Waals surface area contributed by atoms with Gasteiger partial charge >= 0.3 is 0 Å². The second-order valence-electron chi connectivity index (χ2n) is 6.90. The first-order valence-corrected chi connectivity index (χ1v) is 9.89. The van der Waals surface area contributed by atoms with Gasteiger partial charge < -0.3 is 16.0 Å². The molecule has 2 aromatic carbocycles. The lowest BCUT2D eigenvalue weighted by Crippen LogP contribution is -2.44. The van der Waals surface area contributed by atoms with E-state index >= 15 is 0 Å². The summed E-state index contributed by atoms with van der Waals surface area (Å²) in [5.74, 6) is -0.647. The van der Waals surface area contributed by atoms with E-state index in [9.17, 15) is 9.59 Å². The lowest BCUT2D eigenvalue weighted by Gasteiger charge is -2.27. The minimum absolute atomic E-state index is 0.0391. The van der Waals surface area contributed by atoms with E-state index in [0.717, 1.165) is 27.7 Å². The van der Waals surface area contributed by atoms with Crippen LogP contribution in [0.4, 0.5) is 5.69 Å². The molecule has 142 valence electrons. The average Bonchev–Trinajstić information content (AvgIpc) is 2.78. The Morgan fingerprint density at radius 2 is 2.04 bits per heavy atom. The summed E-state index contributed by atoms with van der Waals surface area (Å²) in [6.45, 7) is 0.500. The van der Waals surface area contributed by atoms with E-state index in [-0.39, 0.29) is 11.8 Å². The normalized spacial score (nSPS) is 17.9. The van der Waals surface area contributed by atoms with Gasteiger partial charge in [-0.15, -0.1) is 0 Å². The molecule has 1 aliphatic rings. The van der Waals surface area contributed by atoms with E-state index < -0.39 is 11.9 Å². The number of aryl methyl sites for hydroxylation is 1. The molecule has 0 radical (unpaired) electrons. The fourth-order valence-electron chi connectivity index (χ4n) is 3.60. The third-order valence-corrected chi connectivity index (χ3v) is 5.60. The minimum atomic E-state index is -0.509. The molecule has 2 amide bonds. The number of carbonyl (C=O) groups is 2. The minimum Gasteiger partial charge on any atom is -0.368 e. The number of carbonyl (C=O) groups excluding carboxylic acids is 2. The van der Waals surface area contributed by atoms with Crippen LogP contribution in [-0.4, -0.2) is 24.9 Å². The van der Waals surface area contributed by atoms with Gasteiger partial charge in [0.15, 0.2) is 0 Å². The van der Waals surface area contributed by atoms with Crippen LogP contribution in [0.25, 0.3) is 0 Å². The highest BCUT2D eigenvalue weighted by Crippen LogP contribution is 2.34. The average molecular weight is 430 g/mol. The van der Waals surface area contributed by atoms with Crippen LogP contribution in [0, 0.1) is 5.92 Å². The Bertz CT molecular complexity index is 825. The van der Waals surface area contributed by atoms with Crippen molar-refractivity contribution in [3.05, 3.63) is 64.1 Å². The largest absolute Gasteiger partial charge is 0.368 e. The summed E-state index contributed by atoms with van der Waals surface area (Å²) < 4.78 is 0.941. The van der Waals surface area contributed by atoms with Crippen LogP contribution in [0.5, 0.6) is 0 Å². The van der Waals surface area contributed by atoms with Crippen molar-refractivity contribution in [2.24, 2.45) is 11.7 Å². The van der Waals surface area contributed by atoms with E-state index in [0.29, 0.717) is 19.4 Å². The number of rotatable bonds is 6. The van der Waals surface area contributed by atoms with Crippen molar-refractivity contribution >= 4 is 33.4 Å². The monoisotopic (exact) mass is 429 g/mol. The Hall–Kier alpha value is -2.18. The van der Waals surface area contributed by atoms with E-state index in [1.54, 1.807) is 7.05 Å². The predicted molar refractivity (Wildman–Crippen MR) is 110 cm³/mol. The van der Waals surface area contributed by atoms with Crippen LogP contribution in [0.3, 0.4) is 0 Å². The van der Waals surface area contributed by atoms with Crippen molar-refractivity contribution in [2.45, 2.75) is 31.8 Å². The number of halogens is 1. The van der Waals surface area contributed by atoms with Gasteiger partial charge in [0.2, 0.25) is 11.8 Å². The molecule has 0 spiro atoms. The number of fused-ring (bicyclic) bond motifs is 1. The molecule has 2 atom stereocenters. The van der Waals surface area contributed by atoms with Gasteiger partial charge in [-0.25, -0.2) is 0 Å². The highest BCUT2D eigenvalue weighted by atomic mass is 79.9. The number of nitrogens with one attached hydrogen (secondary N) is 1. The van der Waals surface area contributed by atoms with Crippen LogP contribution in [-0.2, 0) is 22.6 Å². The van der Waals surface area contributed by atoms with E-state index in [1.807, 2.05) is 47.4 Å². The SMILES string of the molecule is CN[C@@H](CC1CCc2ccc(Br)cc2N(Cc2ccccc2)C1=O)C(N)=O. The first kappa shape index (κ1) is 19.6. The Morgan fingerprint density at radius 1 is 1.30 bits per heavy atom. The maximum atomic E-state index is 13.4. The van der Waals surface area contributed by atoms with Crippen molar-refractivity contribution in [3.63, 3.8) is 0 Å². The number of primary amides is 1. The van der Waals surface area contributed by atoms with Gasteiger partial charge in [0.25, 0.3) is 0 Å². The van der Waals surface area contributed by atoms with Crippen LogP contribution < -0.4 is 16.0 Å². The third kappa shape index (κ3) is 4.57. The molecular formula is C21H24BrN3O2. The Kier molecular flexibility index (Phi) is 6.29. The smallest absolute Gasteiger partial charge is 0.234 e. The molecule has 2 aromatic rings. The zero-order valence-electron chi connectivity index (χ0n) is 15.3. The second kappa shape index (κ2) is 8.67. The predicted octanol–water partition coefficient (Wildman–Crippen LogP) is 3.01. The van der Waals surface area contributed by atoms with Crippen molar-refractivity contribution in [1.82, 2.24) is 5.32 Å². The molecule has 3 N–H and O–H groups in total. The molecule has 1 unspecified atom stereocenters. The van der Waals surface area contributed by atoms with Crippen LogP contribution >= 0.6 is 15.9 Å². The van der Waals surface area contributed by atoms with Gasteiger partial charge in [-0.3, -0.25) is 9.59 Å². The number of hydrogen-bond donors (Lipinski definition) is 2. The Morgan fingerprint density at radius 3 is 2.70 bits per heavy atom. The molecule has 0 aliphatic carbocycles. The molecule has 1 aliphatic heterocycles. The maximum Gasteiger partial charge on any atom is 0.234 e. The van der Waals surface area contributed by atoms with E-state index in [1.165, 1.54) is 0 Å². The molecule has 5 nitrogen and oxygen atoms in total. The summed E-state index contributed by atoms with van der Waals surface area (Å²) in [5, 5.41) is 2.93. The standard InChI is InChI=1S/C21H24BrN3O2/c1-24-18(20(23)26)11-16-8-7-15-9-10-17(22)12-19(15)25(21(16)27)13-14-5-3-2-4-6-14/h2-6,9-10,12,16,18,24H,7-8,11,13H2,1H3,(H2,23,26)/t16?,18-/m0/s1. The lowest BCUT2D eigenvalue weighted by molar-refractivity contribution is -0.124. The number of amides is 2. The first-order chi connectivity index (χ1) is 13.0.